The smallest absolute Gasteiger partial charge is 0.00556 e. The molecule has 0 rings (SSSR count). The van der Waals surface area contributed by atoms with Crippen LogP contribution in [0.1, 0.15) is 6.92 Å². The molecule has 1 nitrogen and oxygen atoms in total. The minimum absolute atomic E-state index is 1.21. The first-order valence-electron chi connectivity index (χ1n) is 3.30. The summed E-state index contributed by atoms with van der Waals surface area (Å²) in [7, 11) is 4.00. The molecule has 0 saturated carbocycles. The van der Waals surface area contributed by atoms with Crippen molar-refractivity contribution in [3.63, 3.8) is 0 Å². The number of hydrogen-bond acceptors (Lipinski definition) is 1. The fourth-order valence-corrected chi connectivity index (χ4v) is 0.508. The Hall–Kier alpha value is -0.980. The van der Waals surface area contributed by atoms with Gasteiger partial charge in [-0.1, -0.05) is 18.7 Å². The lowest BCUT2D eigenvalue weighted by atomic mass is 10.3. The zero-order valence-electron chi connectivity index (χ0n) is 6.96. The summed E-state index contributed by atoms with van der Waals surface area (Å²) in [5.74, 6) is 0. The van der Waals surface area contributed by atoms with E-state index < -0.39 is 0 Å². The predicted molar refractivity (Wildman–Crippen MR) is 46.8 cm³/mol. The summed E-state index contributed by atoms with van der Waals surface area (Å²) in [5, 5.41) is 0. The first kappa shape index (κ1) is 9.02. The average molecular weight is 137 g/mol. The third-order valence-corrected chi connectivity index (χ3v) is 1.02. The van der Waals surface area contributed by atoms with Crippen molar-refractivity contribution in [2.24, 2.45) is 0 Å². The van der Waals surface area contributed by atoms with Crippen LogP contribution >= 0.6 is 0 Å². The molecule has 0 aromatic carbocycles. The summed E-state index contributed by atoms with van der Waals surface area (Å²) in [5.41, 5.74) is 1.21. The Balaban J connectivity index is 3.88. The van der Waals surface area contributed by atoms with Gasteiger partial charge in [-0.05, 0) is 24.8 Å². The molecule has 0 saturated heterocycles. The fourth-order valence-electron chi connectivity index (χ4n) is 0.508. The molecule has 0 radical (unpaired) electrons. The average Bonchev–Trinajstić information content (AvgIpc) is 1.85. The van der Waals surface area contributed by atoms with E-state index in [1.807, 2.05) is 44.3 Å². The minimum Gasteiger partial charge on any atom is -0.383 e. The van der Waals surface area contributed by atoms with E-state index in [4.69, 9.17) is 0 Å². The SMILES string of the molecule is C=C/C=C(C)\C=C/N(C)C. The molecule has 0 N–H and O–H groups in total. The molecule has 0 unspecified atom stereocenters. The minimum atomic E-state index is 1.21. The van der Waals surface area contributed by atoms with Crippen molar-refractivity contribution in [3.05, 3.63) is 36.6 Å². The monoisotopic (exact) mass is 137 g/mol. The van der Waals surface area contributed by atoms with E-state index in [0.717, 1.165) is 0 Å². The normalized spacial score (nSPS) is 12.1. The van der Waals surface area contributed by atoms with Gasteiger partial charge in [-0.15, -0.1) is 0 Å². The Morgan fingerprint density at radius 2 is 2.00 bits per heavy atom. The second kappa shape index (κ2) is 4.86. The molecule has 0 fully saturated rings. The second-order valence-corrected chi connectivity index (χ2v) is 2.43. The van der Waals surface area contributed by atoms with E-state index in [9.17, 15) is 0 Å². The quantitative estimate of drug-likeness (QED) is 0.539. The molecular weight excluding hydrogens is 122 g/mol. The first-order valence-corrected chi connectivity index (χ1v) is 3.30. The van der Waals surface area contributed by atoms with Crippen molar-refractivity contribution in [3.8, 4) is 0 Å². The maximum absolute atomic E-state index is 3.60. The predicted octanol–water partition coefficient (Wildman–Crippen LogP) is 2.19. The molecule has 0 aromatic rings. The third kappa shape index (κ3) is 5.16. The third-order valence-electron chi connectivity index (χ3n) is 1.02. The zero-order valence-corrected chi connectivity index (χ0v) is 6.96. The molecule has 0 aromatic heterocycles. The van der Waals surface area contributed by atoms with Gasteiger partial charge in [0.2, 0.25) is 0 Å². The summed E-state index contributed by atoms with van der Waals surface area (Å²) in [4.78, 5) is 2.00. The van der Waals surface area contributed by atoms with Crippen LogP contribution in [0, 0.1) is 0 Å². The Labute approximate surface area is 63.3 Å². The highest BCUT2D eigenvalue weighted by Gasteiger charge is 1.78. The van der Waals surface area contributed by atoms with Gasteiger partial charge in [0.25, 0.3) is 0 Å². The lowest BCUT2D eigenvalue weighted by Crippen LogP contribution is -1.99. The molecule has 0 aliphatic rings. The van der Waals surface area contributed by atoms with E-state index in [0.29, 0.717) is 0 Å². The maximum Gasteiger partial charge on any atom is 0.00556 e. The summed E-state index contributed by atoms with van der Waals surface area (Å²) >= 11 is 0. The van der Waals surface area contributed by atoms with Gasteiger partial charge in [-0.2, -0.15) is 0 Å². The van der Waals surface area contributed by atoms with Crippen molar-refractivity contribution >= 4 is 0 Å². The molecule has 0 aliphatic heterocycles. The number of hydrogen-bond donors (Lipinski definition) is 0. The molecule has 0 atom stereocenters. The van der Waals surface area contributed by atoms with Crippen LogP contribution in [-0.4, -0.2) is 19.0 Å². The first-order chi connectivity index (χ1) is 4.66. The van der Waals surface area contributed by atoms with Gasteiger partial charge in [0.1, 0.15) is 0 Å². The maximum atomic E-state index is 3.60. The van der Waals surface area contributed by atoms with Gasteiger partial charge in [-0.25, -0.2) is 0 Å². The highest BCUT2D eigenvalue weighted by atomic mass is 15.0. The number of allylic oxidation sites excluding steroid dienone is 4. The van der Waals surface area contributed by atoms with Crippen molar-refractivity contribution in [2.45, 2.75) is 6.92 Å². The molecule has 10 heavy (non-hydrogen) atoms. The van der Waals surface area contributed by atoms with Crippen LogP contribution in [0.4, 0.5) is 0 Å². The fraction of sp³-hybridized carbons (Fsp3) is 0.333. The second-order valence-electron chi connectivity index (χ2n) is 2.43. The van der Waals surface area contributed by atoms with Crippen LogP contribution < -0.4 is 0 Å². The van der Waals surface area contributed by atoms with Crippen molar-refractivity contribution < 1.29 is 0 Å². The van der Waals surface area contributed by atoms with Crippen LogP contribution in [0.15, 0.2) is 36.6 Å². The highest BCUT2D eigenvalue weighted by molar-refractivity contribution is 5.19. The van der Waals surface area contributed by atoms with Crippen molar-refractivity contribution in [1.29, 1.82) is 0 Å². The van der Waals surface area contributed by atoms with E-state index in [2.05, 4.69) is 6.58 Å². The molecular formula is C9H15N. The molecule has 56 valence electrons. The lowest BCUT2D eigenvalue weighted by Gasteiger charge is -2.02. The molecule has 0 aliphatic carbocycles. The Morgan fingerprint density at radius 3 is 2.40 bits per heavy atom. The van der Waals surface area contributed by atoms with Crippen LogP contribution in [0.25, 0.3) is 0 Å². The Morgan fingerprint density at radius 1 is 1.40 bits per heavy atom. The van der Waals surface area contributed by atoms with Gasteiger partial charge in [0.15, 0.2) is 0 Å². The molecule has 0 bridgehead atoms. The molecule has 0 heterocycles. The number of rotatable bonds is 3. The van der Waals surface area contributed by atoms with Gasteiger partial charge >= 0.3 is 0 Å². The van der Waals surface area contributed by atoms with Gasteiger partial charge in [0.05, 0.1) is 0 Å². The lowest BCUT2D eigenvalue weighted by molar-refractivity contribution is 0.563. The van der Waals surface area contributed by atoms with E-state index >= 15 is 0 Å². The van der Waals surface area contributed by atoms with Gasteiger partial charge < -0.3 is 4.90 Å². The molecule has 0 spiro atoms. The topological polar surface area (TPSA) is 3.24 Å². The zero-order chi connectivity index (χ0) is 7.98. The van der Waals surface area contributed by atoms with Crippen LogP contribution in [-0.2, 0) is 0 Å². The summed E-state index contributed by atoms with van der Waals surface area (Å²) in [6, 6.07) is 0. The highest BCUT2D eigenvalue weighted by Crippen LogP contribution is 1.94. The summed E-state index contributed by atoms with van der Waals surface area (Å²) in [6.45, 7) is 5.65. The standard InChI is InChI=1S/C9H15N/c1-5-6-9(2)7-8-10(3)4/h5-8H,1H2,2-4H3/b8-7-,9-6-. The van der Waals surface area contributed by atoms with Crippen LogP contribution in [0.3, 0.4) is 0 Å². The van der Waals surface area contributed by atoms with Gasteiger partial charge in [0, 0.05) is 14.1 Å². The van der Waals surface area contributed by atoms with E-state index in [1.54, 1.807) is 6.08 Å². The molecule has 0 amide bonds. The van der Waals surface area contributed by atoms with E-state index in [-0.39, 0.29) is 0 Å². The molecule has 1 heteroatoms. The Bertz CT molecular complexity index is 152. The van der Waals surface area contributed by atoms with Crippen LogP contribution in [0.5, 0.6) is 0 Å². The van der Waals surface area contributed by atoms with Gasteiger partial charge in [-0.3, -0.25) is 0 Å². The van der Waals surface area contributed by atoms with Crippen molar-refractivity contribution in [2.75, 3.05) is 14.1 Å². The van der Waals surface area contributed by atoms with E-state index in [1.165, 1.54) is 5.57 Å². The van der Waals surface area contributed by atoms with Crippen LogP contribution in [0.2, 0.25) is 0 Å². The number of nitrogens with zero attached hydrogens (tertiary/aromatic N) is 1. The summed E-state index contributed by atoms with van der Waals surface area (Å²) < 4.78 is 0. The van der Waals surface area contributed by atoms with Crippen molar-refractivity contribution in [1.82, 2.24) is 4.90 Å². The Kier molecular flexibility index (Phi) is 4.38. The largest absolute Gasteiger partial charge is 0.383 e. The summed E-state index contributed by atoms with van der Waals surface area (Å²) in [6.07, 6.45) is 7.81.